The summed E-state index contributed by atoms with van der Waals surface area (Å²) in [6, 6.07) is 10.2. The molecule has 0 atom stereocenters. The number of rotatable bonds is 5. The van der Waals surface area contributed by atoms with Crippen LogP contribution in [0.1, 0.15) is 5.56 Å². The van der Waals surface area contributed by atoms with Crippen molar-refractivity contribution in [3.63, 3.8) is 0 Å². The molecule has 178 valence electrons. The van der Waals surface area contributed by atoms with Crippen LogP contribution < -0.4 is 15.2 Å². The summed E-state index contributed by atoms with van der Waals surface area (Å²) in [5.74, 6) is -3.15. The Bertz CT molecular complexity index is 1610. The molecule has 13 heteroatoms. The van der Waals surface area contributed by atoms with E-state index in [0.29, 0.717) is 39.4 Å². The number of ether oxygens (including phenoxy) is 1. The van der Waals surface area contributed by atoms with Crippen LogP contribution in [0.3, 0.4) is 0 Å². The number of carbonyl (C=O) groups is 1. The predicted octanol–water partition coefficient (Wildman–Crippen LogP) is 4.74. The summed E-state index contributed by atoms with van der Waals surface area (Å²) in [5.41, 5.74) is 1.92. The number of anilines is 1. The molecule has 0 unspecified atom stereocenters. The lowest BCUT2D eigenvalue weighted by atomic mass is 10.0. The number of halogens is 3. The van der Waals surface area contributed by atoms with E-state index in [4.69, 9.17) is 21.5 Å². The molecule has 0 aliphatic carbocycles. The van der Waals surface area contributed by atoms with Crippen LogP contribution in [0.15, 0.2) is 53.7 Å². The van der Waals surface area contributed by atoms with Crippen LogP contribution >= 0.6 is 23.1 Å². The SMILES string of the molecule is NS(=O)(=O)c1cc(F)c(Oc2ccc(Cl)cc2-c2ccc3c(c2)CC(=O)N3)c(-c2ncns2)c1F. The number of aromatic nitrogens is 2. The van der Waals surface area contributed by atoms with Gasteiger partial charge in [0.2, 0.25) is 15.9 Å². The lowest BCUT2D eigenvalue weighted by Crippen LogP contribution is -2.15. The normalized spacial score (nSPS) is 13.0. The number of amides is 1. The van der Waals surface area contributed by atoms with Gasteiger partial charge in [-0.05, 0) is 53.0 Å². The third-order valence-electron chi connectivity index (χ3n) is 5.21. The maximum absolute atomic E-state index is 15.3. The van der Waals surface area contributed by atoms with Gasteiger partial charge in [-0.2, -0.15) is 4.37 Å². The summed E-state index contributed by atoms with van der Waals surface area (Å²) in [7, 11) is -4.59. The molecule has 1 aromatic heterocycles. The summed E-state index contributed by atoms with van der Waals surface area (Å²) in [6.45, 7) is 0. The number of primary sulfonamides is 1. The third-order valence-corrected chi connectivity index (χ3v) is 7.04. The number of hydrogen-bond acceptors (Lipinski definition) is 7. The molecule has 35 heavy (non-hydrogen) atoms. The summed E-state index contributed by atoms with van der Waals surface area (Å²) >= 11 is 6.91. The van der Waals surface area contributed by atoms with E-state index in [-0.39, 0.29) is 23.1 Å². The first kappa shape index (κ1) is 23.3. The number of nitrogens with zero attached hydrogens (tertiary/aromatic N) is 2. The number of nitrogens with one attached hydrogen (secondary N) is 1. The van der Waals surface area contributed by atoms with Gasteiger partial charge in [-0.1, -0.05) is 17.7 Å². The van der Waals surface area contributed by atoms with Gasteiger partial charge in [0.15, 0.2) is 22.4 Å². The summed E-state index contributed by atoms with van der Waals surface area (Å²) in [4.78, 5) is 14.6. The van der Waals surface area contributed by atoms with Gasteiger partial charge in [0.05, 0.1) is 12.0 Å². The third kappa shape index (κ3) is 4.36. The van der Waals surface area contributed by atoms with Crippen molar-refractivity contribution in [3.05, 3.63) is 71.0 Å². The zero-order chi connectivity index (χ0) is 24.9. The standard InChI is InChI=1S/C22H13ClF2N4O4S2/c23-12-2-4-16(13(7-12)10-1-3-15-11(5-10)6-18(30)29-15)33-21-14(24)8-17(35(26,31)32)20(25)19(21)22-27-9-28-34-22/h1-5,7-9H,6H2,(H,29,30)(H2,26,31,32). The van der Waals surface area contributed by atoms with Crippen LogP contribution in [0.25, 0.3) is 21.7 Å². The van der Waals surface area contributed by atoms with Gasteiger partial charge in [0, 0.05) is 22.3 Å². The molecule has 1 aliphatic heterocycles. The number of nitrogens with two attached hydrogens (primary N) is 1. The van der Waals surface area contributed by atoms with Gasteiger partial charge in [-0.15, -0.1) is 0 Å². The van der Waals surface area contributed by atoms with Crippen molar-refractivity contribution in [2.45, 2.75) is 11.3 Å². The smallest absolute Gasteiger partial charge is 0.241 e. The fraction of sp³-hybridized carbons (Fsp3) is 0.0455. The van der Waals surface area contributed by atoms with Crippen LogP contribution in [-0.4, -0.2) is 23.7 Å². The topological polar surface area (TPSA) is 124 Å². The van der Waals surface area contributed by atoms with E-state index in [2.05, 4.69) is 14.7 Å². The first-order valence-corrected chi connectivity index (χ1v) is 12.5. The first-order chi connectivity index (χ1) is 16.6. The average Bonchev–Trinajstić information content (AvgIpc) is 3.44. The Morgan fingerprint density at radius 3 is 2.66 bits per heavy atom. The van der Waals surface area contributed by atoms with Gasteiger partial charge < -0.3 is 10.1 Å². The van der Waals surface area contributed by atoms with Crippen LogP contribution in [0.2, 0.25) is 5.02 Å². The quantitative estimate of drug-likeness (QED) is 0.381. The van der Waals surface area contributed by atoms with E-state index in [0.717, 1.165) is 11.9 Å². The van der Waals surface area contributed by atoms with Gasteiger partial charge >= 0.3 is 0 Å². The highest BCUT2D eigenvalue weighted by Gasteiger charge is 2.29. The predicted molar refractivity (Wildman–Crippen MR) is 126 cm³/mol. The second kappa shape index (κ2) is 8.64. The molecular weight excluding hydrogens is 522 g/mol. The molecule has 3 aromatic carbocycles. The highest BCUT2D eigenvalue weighted by atomic mass is 35.5. The highest BCUT2D eigenvalue weighted by Crippen LogP contribution is 2.44. The van der Waals surface area contributed by atoms with E-state index in [1.165, 1.54) is 12.1 Å². The molecule has 3 N–H and O–H groups in total. The Balaban J connectivity index is 1.68. The fourth-order valence-corrected chi connectivity index (χ4v) is 5.04. The zero-order valence-electron chi connectivity index (χ0n) is 17.4. The molecule has 1 aliphatic rings. The van der Waals surface area contributed by atoms with E-state index in [1.807, 2.05) is 0 Å². The van der Waals surface area contributed by atoms with Crippen molar-refractivity contribution in [3.8, 4) is 33.2 Å². The van der Waals surface area contributed by atoms with Crippen LogP contribution in [0.5, 0.6) is 11.5 Å². The van der Waals surface area contributed by atoms with Crippen LogP contribution in [-0.2, 0) is 21.2 Å². The molecule has 0 fully saturated rings. The van der Waals surface area contributed by atoms with Crippen molar-refractivity contribution in [1.29, 1.82) is 0 Å². The average molecular weight is 535 g/mol. The largest absolute Gasteiger partial charge is 0.453 e. The Morgan fingerprint density at radius 1 is 1.14 bits per heavy atom. The Kier molecular flexibility index (Phi) is 5.75. The zero-order valence-corrected chi connectivity index (χ0v) is 19.8. The number of sulfonamides is 1. The molecule has 0 radical (unpaired) electrons. The number of benzene rings is 3. The molecular formula is C22H13ClF2N4O4S2. The van der Waals surface area contributed by atoms with Gasteiger partial charge in [0.25, 0.3) is 0 Å². The molecule has 0 saturated heterocycles. The molecule has 2 heterocycles. The molecule has 5 rings (SSSR count). The van der Waals surface area contributed by atoms with Crippen molar-refractivity contribution in [1.82, 2.24) is 9.36 Å². The molecule has 4 aromatic rings. The molecule has 1 amide bonds. The van der Waals surface area contributed by atoms with E-state index < -0.39 is 37.9 Å². The molecule has 0 saturated carbocycles. The van der Waals surface area contributed by atoms with Crippen LogP contribution in [0, 0.1) is 11.6 Å². The highest BCUT2D eigenvalue weighted by molar-refractivity contribution is 7.89. The summed E-state index contributed by atoms with van der Waals surface area (Å²) in [5, 5.41) is 8.05. The van der Waals surface area contributed by atoms with E-state index in [1.54, 1.807) is 24.3 Å². The van der Waals surface area contributed by atoms with Gasteiger partial charge in [-0.25, -0.2) is 27.3 Å². The summed E-state index contributed by atoms with van der Waals surface area (Å²) in [6.07, 6.45) is 1.30. The van der Waals surface area contributed by atoms with Gasteiger partial charge in [-0.3, -0.25) is 4.79 Å². The minimum atomic E-state index is -4.59. The lowest BCUT2D eigenvalue weighted by molar-refractivity contribution is -0.115. The van der Waals surface area contributed by atoms with Crippen LogP contribution in [0.4, 0.5) is 14.5 Å². The first-order valence-electron chi connectivity index (χ1n) is 9.84. The van der Waals surface area contributed by atoms with Gasteiger partial charge in [0.1, 0.15) is 17.0 Å². The molecule has 8 nitrogen and oxygen atoms in total. The fourth-order valence-electron chi connectivity index (χ4n) is 3.69. The van der Waals surface area contributed by atoms with E-state index >= 15 is 8.78 Å². The van der Waals surface area contributed by atoms with Crippen molar-refractivity contribution in [2.75, 3.05) is 5.32 Å². The number of carbonyl (C=O) groups excluding carboxylic acids is 1. The van der Waals surface area contributed by atoms with Crippen molar-refractivity contribution < 1.29 is 26.7 Å². The lowest BCUT2D eigenvalue weighted by Gasteiger charge is -2.17. The second-order valence-electron chi connectivity index (χ2n) is 7.51. The Labute approximate surface area is 206 Å². The second-order valence-corrected chi connectivity index (χ2v) is 10.3. The minimum Gasteiger partial charge on any atom is -0.453 e. The summed E-state index contributed by atoms with van der Waals surface area (Å²) < 4.78 is 63.8. The maximum Gasteiger partial charge on any atom is 0.241 e. The van der Waals surface area contributed by atoms with Crippen molar-refractivity contribution in [2.24, 2.45) is 5.14 Å². The Morgan fingerprint density at radius 2 is 1.94 bits per heavy atom. The molecule has 0 bridgehead atoms. The van der Waals surface area contributed by atoms with E-state index in [9.17, 15) is 13.2 Å². The van der Waals surface area contributed by atoms with Crippen molar-refractivity contribution >= 4 is 44.8 Å². The number of hydrogen-bond donors (Lipinski definition) is 2. The number of fused-ring (bicyclic) bond motifs is 1. The minimum absolute atomic E-state index is 0.0963. The molecule has 0 spiro atoms. The Hall–Kier alpha value is -3.45. The monoisotopic (exact) mass is 534 g/mol. The maximum atomic E-state index is 15.3.